The van der Waals surface area contributed by atoms with Crippen molar-refractivity contribution in [3.8, 4) is 0 Å². The Balaban J connectivity index is 2.07. The number of rotatable bonds is 8. The predicted octanol–water partition coefficient (Wildman–Crippen LogP) is 0.551. The van der Waals surface area contributed by atoms with E-state index < -0.39 is 9.84 Å². The molecule has 7 heteroatoms. The highest BCUT2D eigenvalue weighted by Gasteiger charge is 2.29. The molecule has 21 heavy (non-hydrogen) atoms. The molecule has 1 fully saturated rings. The Bertz CT molecular complexity index is 612. The van der Waals surface area contributed by atoms with Gasteiger partial charge in [-0.2, -0.15) is 0 Å². The van der Waals surface area contributed by atoms with Gasteiger partial charge >= 0.3 is 0 Å². The maximum Gasteiger partial charge on any atom is 0.179 e. The first-order chi connectivity index (χ1) is 9.94. The standard InChI is InChI=1S/C14H20N2O3S2/c15-14(20)11-2-1-3-13(10-11)21(18,19)9-7-16(6-8-17)12-4-5-12/h1-3,10,12,17H,4-9H2,(H2,15,20). The lowest BCUT2D eigenvalue weighted by molar-refractivity contribution is 0.196. The second-order valence-corrected chi connectivity index (χ2v) is 7.75. The molecule has 0 unspecified atom stereocenters. The van der Waals surface area contributed by atoms with E-state index in [0.29, 0.717) is 24.7 Å². The van der Waals surface area contributed by atoms with E-state index in [9.17, 15) is 8.42 Å². The normalized spacial score (nSPS) is 15.3. The molecule has 0 radical (unpaired) electrons. The lowest BCUT2D eigenvalue weighted by atomic mass is 10.2. The van der Waals surface area contributed by atoms with E-state index in [1.165, 1.54) is 6.07 Å². The van der Waals surface area contributed by atoms with E-state index in [-0.39, 0.29) is 22.2 Å². The topological polar surface area (TPSA) is 83.6 Å². The molecule has 1 aromatic carbocycles. The quantitative estimate of drug-likeness (QED) is 0.678. The Hall–Kier alpha value is -1.02. The van der Waals surface area contributed by atoms with Gasteiger partial charge in [-0.25, -0.2) is 8.42 Å². The highest BCUT2D eigenvalue weighted by atomic mass is 32.2. The van der Waals surface area contributed by atoms with Crippen molar-refractivity contribution in [2.24, 2.45) is 5.73 Å². The number of aliphatic hydroxyl groups excluding tert-OH is 1. The van der Waals surface area contributed by atoms with Gasteiger partial charge in [0.2, 0.25) is 0 Å². The molecule has 0 aromatic heterocycles. The average molecular weight is 328 g/mol. The predicted molar refractivity (Wildman–Crippen MR) is 86.1 cm³/mol. The fourth-order valence-corrected chi connectivity index (χ4v) is 3.67. The van der Waals surface area contributed by atoms with Crippen molar-refractivity contribution >= 4 is 27.0 Å². The zero-order valence-corrected chi connectivity index (χ0v) is 13.4. The molecule has 1 aliphatic carbocycles. The molecule has 1 aromatic rings. The number of hydrogen-bond donors (Lipinski definition) is 2. The number of sulfone groups is 1. The van der Waals surface area contributed by atoms with Gasteiger partial charge in [0, 0.05) is 24.7 Å². The van der Waals surface area contributed by atoms with Crippen molar-refractivity contribution in [2.75, 3.05) is 25.4 Å². The fraction of sp³-hybridized carbons (Fsp3) is 0.500. The molecule has 1 saturated carbocycles. The lowest BCUT2D eigenvalue weighted by Crippen LogP contribution is -2.33. The first kappa shape index (κ1) is 16.4. The third-order valence-corrected chi connectivity index (χ3v) is 5.50. The van der Waals surface area contributed by atoms with Crippen LogP contribution in [0.3, 0.4) is 0 Å². The number of aliphatic hydroxyl groups is 1. The molecule has 0 amide bonds. The van der Waals surface area contributed by atoms with Gasteiger partial charge in [0.05, 0.1) is 17.3 Å². The Labute approximate surface area is 130 Å². The molecule has 1 aliphatic rings. The molecule has 0 atom stereocenters. The van der Waals surface area contributed by atoms with Crippen molar-refractivity contribution in [2.45, 2.75) is 23.8 Å². The van der Waals surface area contributed by atoms with Crippen molar-refractivity contribution in [1.29, 1.82) is 0 Å². The maximum absolute atomic E-state index is 12.4. The van der Waals surface area contributed by atoms with Gasteiger partial charge in [-0.15, -0.1) is 0 Å². The Morgan fingerprint density at radius 1 is 1.38 bits per heavy atom. The van der Waals surface area contributed by atoms with Crippen LogP contribution in [0.2, 0.25) is 0 Å². The summed E-state index contributed by atoms with van der Waals surface area (Å²) in [4.78, 5) is 2.47. The molecule has 2 rings (SSSR count). The maximum atomic E-state index is 12.4. The van der Waals surface area contributed by atoms with E-state index in [1.54, 1.807) is 18.2 Å². The van der Waals surface area contributed by atoms with E-state index in [0.717, 1.165) is 12.8 Å². The van der Waals surface area contributed by atoms with E-state index in [4.69, 9.17) is 23.1 Å². The first-order valence-electron chi connectivity index (χ1n) is 6.91. The van der Waals surface area contributed by atoms with Gasteiger partial charge in [0.25, 0.3) is 0 Å². The Kier molecular flexibility index (Phi) is 5.32. The number of thiocarbonyl (C=S) groups is 1. The third-order valence-electron chi connectivity index (χ3n) is 3.58. The van der Waals surface area contributed by atoms with Crippen LogP contribution in [0.25, 0.3) is 0 Å². The SMILES string of the molecule is NC(=S)c1cccc(S(=O)(=O)CCN(CCO)C2CC2)c1. The van der Waals surface area contributed by atoms with Crippen molar-refractivity contribution in [3.63, 3.8) is 0 Å². The molecule has 0 spiro atoms. The van der Waals surface area contributed by atoms with E-state index in [1.807, 2.05) is 4.90 Å². The molecule has 5 nitrogen and oxygen atoms in total. The molecule has 0 heterocycles. The molecule has 3 N–H and O–H groups in total. The van der Waals surface area contributed by atoms with Crippen LogP contribution in [0.5, 0.6) is 0 Å². The summed E-state index contributed by atoms with van der Waals surface area (Å²) in [5, 5.41) is 9.04. The van der Waals surface area contributed by atoms with Crippen LogP contribution < -0.4 is 5.73 Å². The van der Waals surface area contributed by atoms with Crippen molar-refractivity contribution in [1.82, 2.24) is 4.90 Å². The van der Waals surface area contributed by atoms with Crippen molar-refractivity contribution < 1.29 is 13.5 Å². The Morgan fingerprint density at radius 3 is 2.67 bits per heavy atom. The van der Waals surface area contributed by atoms with E-state index in [2.05, 4.69) is 0 Å². The minimum atomic E-state index is -3.37. The molecule has 0 saturated heterocycles. The number of nitrogens with zero attached hydrogens (tertiary/aromatic N) is 1. The molecular formula is C14H20N2O3S2. The van der Waals surface area contributed by atoms with Gasteiger partial charge in [-0.3, -0.25) is 4.90 Å². The summed E-state index contributed by atoms with van der Waals surface area (Å²) in [6, 6.07) is 6.85. The summed E-state index contributed by atoms with van der Waals surface area (Å²) in [6.07, 6.45) is 2.16. The zero-order chi connectivity index (χ0) is 15.5. The largest absolute Gasteiger partial charge is 0.395 e. The smallest absolute Gasteiger partial charge is 0.179 e. The van der Waals surface area contributed by atoms with Crippen LogP contribution in [-0.4, -0.2) is 54.9 Å². The van der Waals surface area contributed by atoms with Gasteiger partial charge in [-0.05, 0) is 25.0 Å². The van der Waals surface area contributed by atoms with Crippen LogP contribution in [0.4, 0.5) is 0 Å². The van der Waals surface area contributed by atoms with Crippen molar-refractivity contribution in [3.05, 3.63) is 29.8 Å². The van der Waals surface area contributed by atoms with Crippen LogP contribution in [0.1, 0.15) is 18.4 Å². The summed E-state index contributed by atoms with van der Waals surface area (Å²) in [6.45, 7) is 1.01. The monoisotopic (exact) mass is 328 g/mol. The van der Waals surface area contributed by atoms with Crippen LogP contribution >= 0.6 is 12.2 Å². The summed E-state index contributed by atoms with van der Waals surface area (Å²) >= 11 is 4.87. The average Bonchev–Trinajstić information content (AvgIpc) is 3.28. The first-order valence-corrected chi connectivity index (χ1v) is 8.97. The van der Waals surface area contributed by atoms with Gasteiger partial charge < -0.3 is 10.8 Å². The molecule has 116 valence electrons. The van der Waals surface area contributed by atoms with Crippen LogP contribution in [0, 0.1) is 0 Å². The Morgan fingerprint density at radius 2 is 2.10 bits per heavy atom. The van der Waals surface area contributed by atoms with Gasteiger partial charge in [0.1, 0.15) is 4.99 Å². The highest BCUT2D eigenvalue weighted by Crippen LogP contribution is 2.26. The highest BCUT2D eigenvalue weighted by molar-refractivity contribution is 7.91. The van der Waals surface area contributed by atoms with Crippen LogP contribution in [-0.2, 0) is 9.84 Å². The lowest BCUT2D eigenvalue weighted by Gasteiger charge is -2.20. The van der Waals surface area contributed by atoms with Gasteiger partial charge in [-0.1, -0.05) is 24.4 Å². The molecule has 0 bridgehead atoms. The second-order valence-electron chi connectivity index (χ2n) is 5.20. The second kappa shape index (κ2) is 6.83. The zero-order valence-electron chi connectivity index (χ0n) is 11.7. The van der Waals surface area contributed by atoms with E-state index >= 15 is 0 Å². The number of hydrogen-bond acceptors (Lipinski definition) is 5. The number of benzene rings is 1. The summed E-state index contributed by atoms with van der Waals surface area (Å²) in [5.74, 6) is 0.0320. The summed E-state index contributed by atoms with van der Waals surface area (Å²) in [7, 11) is -3.37. The number of nitrogens with two attached hydrogens (primary N) is 1. The minimum absolute atomic E-state index is 0.0320. The summed E-state index contributed by atoms with van der Waals surface area (Å²) < 4.78 is 24.8. The van der Waals surface area contributed by atoms with Gasteiger partial charge in [0.15, 0.2) is 9.84 Å². The minimum Gasteiger partial charge on any atom is -0.395 e. The molecule has 0 aliphatic heterocycles. The fourth-order valence-electron chi connectivity index (χ4n) is 2.24. The summed E-state index contributed by atoms with van der Waals surface area (Å²) in [5.41, 5.74) is 6.09. The van der Waals surface area contributed by atoms with Crippen LogP contribution in [0.15, 0.2) is 29.2 Å². The molecular weight excluding hydrogens is 308 g/mol. The third kappa shape index (κ3) is 4.47.